The summed E-state index contributed by atoms with van der Waals surface area (Å²) in [6, 6.07) is 3.05. The van der Waals surface area contributed by atoms with E-state index in [0.717, 1.165) is 11.1 Å². The van der Waals surface area contributed by atoms with E-state index in [1.807, 2.05) is 13.8 Å². The highest BCUT2D eigenvalue weighted by Crippen LogP contribution is 2.44. The Morgan fingerprint density at radius 1 is 1.25 bits per heavy atom. The van der Waals surface area contributed by atoms with Gasteiger partial charge in [-0.1, -0.05) is 11.6 Å². The molecule has 0 unspecified atom stereocenters. The first-order valence-corrected chi connectivity index (χ1v) is 6.60. The number of nitrogens with zero attached hydrogens (tertiary/aromatic N) is 1. The van der Waals surface area contributed by atoms with Crippen LogP contribution in [0.15, 0.2) is 12.1 Å². The zero-order valence-corrected chi connectivity index (χ0v) is 11.9. The largest absolute Gasteiger partial charge is 0.361 e. The Morgan fingerprint density at radius 2 is 1.90 bits per heavy atom. The number of hydrogen-bond donors (Lipinski definition) is 0. The predicted molar refractivity (Wildman–Crippen MR) is 70.6 cm³/mol. The molecule has 6 nitrogen and oxygen atoms in total. The Labute approximate surface area is 120 Å². The Balaban J connectivity index is 1.99. The van der Waals surface area contributed by atoms with Crippen LogP contribution in [0.25, 0.3) is 0 Å². The summed E-state index contributed by atoms with van der Waals surface area (Å²) in [6.45, 7) is 4.62. The quantitative estimate of drug-likeness (QED) is 0.589. The van der Waals surface area contributed by atoms with Crippen LogP contribution in [0, 0.1) is 10.1 Å². The molecule has 0 atom stereocenters. The van der Waals surface area contributed by atoms with Crippen molar-refractivity contribution < 1.29 is 19.1 Å². The van der Waals surface area contributed by atoms with Crippen LogP contribution in [0.3, 0.4) is 0 Å². The third-order valence-electron chi connectivity index (χ3n) is 3.67. The fourth-order valence-electron chi connectivity index (χ4n) is 2.49. The van der Waals surface area contributed by atoms with E-state index in [0.29, 0.717) is 19.8 Å². The highest BCUT2D eigenvalue weighted by atomic mass is 35.5. The van der Waals surface area contributed by atoms with Gasteiger partial charge in [-0.15, -0.1) is 0 Å². The first-order chi connectivity index (χ1) is 9.33. The molecular weight excluding hydrogens is 286 g/mol. The lowest BCUT2D eigenvalue weighted by Crippen LogP contribution is -2.49. The van der Waals surface area contributed by atoms with Crippen molar-refractivity contribution in [1.29, 1.82) is 0 Å². The van der Waals surface area contributed by atoms with E-state index < -0.39 is 16.3 Å². The van der Waals surface area contributed by atoms with Gasteiger partial charge in [0.25, 0.3) is 5.69 Å². The molecule has 2 aliphatic rings. The molecule has 0 aliphatic carbocycles. The SMILES string of the molecule is CC1(C)OCC2(CO1)OCc1cc([N+](=O)[O-])c(Cl)cc12. The number of halogens is 1. The van der Waals surface area contributed by atoms with Crippen molar-refractivity contribution in [2.24, 2.45) is 0 Å². The zero-order chi connectivity index (χ0) is 14.5. The summed E-state index contributed by atoms with van der Waals surface area (Å²) in [5.74, 6) is -0.651. The summed E-state index contributed by atoms with van der Waals surface area (Å²) in [4.78, 5) is 10.4. The summed E-state index contributed by atoms with van der Waals surface area (Å²) >= 11 is 5.98. The summed E-state index contributed by atoms with van der Waals surface area (Å²) in [6.07, 6.45) is 0. The molecule has 0 N–H and O–H groups in total. The van der Waals surface area contributed by atoms with Crippen molar-refractivity contribution in [3.63, 3.8) is 0 Å². The summed E-state index contributed by atoms with van der Waals surface area (Å²) in [7, 11) is 0. The lowest BCUT2D eigenvalue weighted by Gasteiger charge is -2.41. The highest BCUT2D eigenvalue weighted by molar-refractivity contribution is 6.32. The van der Waals surface area contributed by atoms with Gasteiger partial charge in [-0.3, -0.25) is 10.1 Å². The predicted octanol–water partition coefficient (Wildman–Crippen LogP) is 2.76. The van der Waals surface area contributed by atoms with Gasteiger partial charge in [0.15, 0.2) is 5.79 Å². The number of hydrogen-bond acceptors (Lipinski definition) is 5. The smallest absolute Gasteiger partial charge is 0.288 e. The van der Waals surface area contributed by atoms with Gasteiger partial charge >= 0.3 is 0 Å². The first-order valence-electron chi connectivity index (χ1n) is 6.22. The second-order valence-corrected chi connectivity index (χ2v) is 5.89. The van der Waals surface area contributed by atoms with Crippen LogP contribution in [0.5, 0.6) is 0 Å². The Kier molecular flexibility index (Phi) is 3.02. The lowest BCUT2D eigenvalue weighted by molar-refractivity contribution is -0.384. The summed E-state index contributed by atoms with van der Waals surface area (Å²) < 4.78 is 17.1. The molecular formula is C13H14ClNO5. The fourth-order valence-corrected chi connectivity index (χ4v) is 2.72. The fraction of sp³-hybridized carbons (Fsp3) is 0.538. The second-order valence-electron chi connectivity index (χ2n) is 5.48. The Bertz CT molecular complexity index is 576. The van der Waals surface area contributed by atoms with Crippen molar-refractivity contribution in [3.8, 4) is 0 Å². The number of benzene rings is 1. The highest BCUT2D eigenvalue weighted by Gasteiger charge is 2.47. The average Bonchev–Trinajstić information content (AvgIpc) is 2.71. The molecule has 3 rings (SSSR count). The molecule has 1 spiro atoms. The van der Waals surface area contributed by atoms with Gasteiger partial charge in [0.05, 0.1) is 24.7 Å². The maximum absolute atomic E-state index is 10.9. The van der Waals surface area contributed by atoms with Crippen LogP contribution >= 0.6 is 11.6 Å². The summed E-state index contributed by atoms with van der Waals surface area (Å²) in [5, 5.41) is 11.0. The number of rotatable bonds is 1. The molecule has 108 valence electrons. The van der Waals surface area contributed by atoms with E-state index in [9.17, 15) is 10.1 Å². The van der Waals surface area contributed by atoms with Crippen LogP contribution in [-0.2, 0) is 26.4 Å². The van der Waals surface area contributed by atoms with Crippen LogP contribution in [0.1, 0.15) is 25.0 Å². The molecule has 0 bridgehead atoms. The van der Waals surface area contributed by atoms with Crippen LogP contribution in [-0.4, -0.2) is 23.9 Å². The number of nitro groups is 1. The van der Waals surface area contributed by atoms with E-state index in [1.165, 1.54) is 6.07 Å². The molecule has 0 amide bonds. The second kappa shape index (κ2) is 4.39. The molecule has 2 heterocycles. The zero-order valence-electron chi connectivity index (χ0n) is 11.1. The molecule has 1 aromatic rings. The molecule has 2 aliphatic heterocycles. The van der Waals surface area contributed by atoms with Crippen molar-refractivity contribution in [2.45, 2.75) is 31.8 Å². The minimum absolute atomic E-state index is 0.100. The van der Waals surface area contributed by atoms with Gasteiger partial charge in [0, 0.05) is 6.07 Å². The maximum Gasteiger partial charge on any atom is 0.288 e. The van der Waals surface area contributed by atoms with Crippen LogP contribution in [0.4, 0.5) is 5.69 Å². The average molecular weight is 300 g/mol. The van der Waals surface area contributed by atoms with Crippen molar-refractivity contribution in [1.82, 2.24) is 0 Å². The van der Waals surface area contributed by atoms with Crippen LogP contribution < -0.4 is 0 Å². The summed E-state index contributed by atoms with van der Waals surface area (Å²) in [5.41, 5.74) is 0.740. The Hall–Kier alpha value is -1.21. The monoisotopic (exact) mass is 299 g/mol. The maximum atomic E-state index is 10.9. The Morgan fingerprint density at radius 3 is 2.50 bits per heavy atom. The normalized spacial score (nSPS) is 22.8. The lowest BCUT2D eigenvalue weighted by atomic mass is 9.92. The van der Waals surface area contributed by atoms with Gasteiger partial charge in [-0.25, -0.2) is 0 Å². The first kappa shape index (κ1) is 13.8. The van der Waals surface area contributed by atoms with E-state index in [4.69, 9.17) is 25.8 Å². The van der Waals surface area contributed by atoms with E-state index in [-0.39, 0.29) is 10.7 Å². The minimum Gasteiger partial charge on any atom is -0.361 e. The molecule has 1 aromatic carbocycles. The van der Waals surface area contributed by atoms with Crippen molar-refractivity contribution >= 4 is 17.3 Å². The van der Waals surface area contributed by atoms with Crippen molar-refractivity contribution in [3.05, 3.63) is 38.4 Å². The molecule has 20 heavy (non-hydrogen) atoms. The van der Waals surface area contributed by atoms with Gasteiger partial charge < -0.3 is 14.2 Å². The third kappa shape index (κ3) is 2.09. The molecule has 1 fully saturated rings. The standard InChI is InChI=1S/C13H14ClNO5/c1-12(2)19-6-13(7-20-12)9-4-10(14)11(15(16)17)3-8(9)5-18-13/h3-4H,5-7H2,1-2H3. The molecule has 7 heteroatoms. The molecule has 1 saturated heterocycles. The van der Waals surface area contributed by atoms with Gasteiger partial charge in [-0.2, -0.15) is 0 Å². The van der Waals surface area contributed by atoms with Crippen LogP contribution in [0.2, 0.25) is 5.02 Å². The minimum atomic E-state index is -0.719. The molecule has 0 saturated carbocycles. The van der Waals surface area contributed by atoms with Gasteiger partial charge in [-0.05, 0) is 31.0 Å². The topological polar surface area (TPSA) is 70.8 Å². The number of ether oxygens (including phenoxy) is 3. The number of fused-ring (bicyclic) bond motifs is 2. The number of nitro benzene ring substituents is 1. The van der Waals surface area contributed by atoms with E-state index in [2.05, 4.69) is 0 Å². The molecule has 0 aromatic heterocycles. The molecule has 0 radical (unpaired) electrons. The third-order valence-corrected chi connectivity index (χ3v) is 3.97. The van der Waals surface area contributed by atoms with Crippen molar-refractivity contribution in [2.75, 3.05) is 13.2 Å². The van der Waals surface area contributed by atoms with E-state index >= 15 is 0 Å². The van der Waals surface area contributed by atoms with E-state index in [1.54, 1.807) is 6.07 Å². The van der Waals surface area contributed by atoms with Gasteiger partial charge in [0.1, 0.15) is 10.6 Å². The van der Waals surface area contributed by atoms with Gasteiger partial charge in [0.2, 0.25) is 0 Å².